The molecule has 1 saturated heterocycles. The van der Waals surface area contributed by atoms with E-state index >= 15 is 0 Å². The summed E-state index contributed by atoms with van der Waals surface area (Å²) < 4.78 is 0. The molecular weight excluding hydrogens is 266 g/mol. The predicted octanol–water partition coefficient (Wildman–Crippen LogP) is 1.39. The Morgan fingerprint density at radius 2 is 1.76 bits per heavy atom. The van der Waals surface area contributed by atoms with Crippen molar-refractivity contribution in [3.63, 3.8) is 0 Å². The number of hydrogen-bond donors (Lipinski definition) is 2. The van der Waals surface area contributed by atoms with E-state index in [4.69, 9.17) is 0 Å². The molecule has 2 N–H and O–H groups in total. The van der Waals surface area contributed by atoms with Crippen molar-refractivity contribution in [1.29, 1.82) is 0 Å². The van der Waals surface area contributed by atoms with Crippen molar-refractivity contribution in [2.45, 2.75) is 52.5 Å². The first-order valence-corrected chi connectivity index (χ1v) is 8.27. The zero-order chi connectivity index (χ0) is 15.8. The van der Waals surface area contributed by atoms with E-state index in [2.05, 4.69) is 24.5 Å². The summed E-state index contributed by atoms with van der Waals surface area (Å²) in [7, 11) is 1.85. The molecule has 1 rings (SSSR count). The summed E-state index contributed by atoms with van der Waals surface area (Å²) in [4.78, 5) is 26.3. The molecule has 0 radical (unpaired) electrons. The highest BCUT2D eigenvalue weighted by Crippen LogP contribution is 2.17. The van der Waals surface area contributed by atoms with Crippen LogP contribution < -0.4 is 10.6 Å². The molecule has 1 unspecified atom stereocenters. The fourth-order valence-corrected chi connectivity index (χ4v) is 2.88. The molecule has 122 valence electrons. The van der Waals surface area contributed by atoms with Crippen molar-refractivity contribution < 1.29 is 9.59 Å². The van der Waals surface area contributed by atoms with E-state index in [1.165, 1.54) is 0 Å². The van der Waals surface area contributed by atoms with Crippen LogP contribution in [0.25, 0.3) is 0 Å². The molecule has 0 bridgehead atoms. The van der Waals surface area contributed by atoms with Gasteiger partial charge in [0.2, 0.25) is 11.8 Å². The molecule has 21 heavy (non-hydrogen) atoms. The van der Waals surface area contributed by atoms with Crippen LogP contribution in [0.1, 0.15) is 46.5 Å². The average molecular weight is 297 g/mol. The number of nitrogens with zero attached hydrogens (tertiary/aromatic N) is 1. The molecule has 0 aliphatic carbocycles. The van der Waals surface area contributed by atoms with Crippen molar-refractivity contribution in [1.82, 2.24) is 15.5 Å². The molecule has 2 amide bonds. The highest BCUT2D eigenvalue weighted by molar-refractivity contribution is 5.79. The molecule has 1 aliphatic rings. The molecule has 5 nitrogen and oxygen atoms in total. The van der Waals surface area contributed by atoms with Crippen molar-refractivity contribution >= 4 is 11.8 Å². The van der Waals surface area contributed by atoms with Crippen molar-refractivity contribution in [2.24, 2.45) is 11.8 Å². The lowest BCUT2D eigenvalue weighted by Gasteiger charge is -2.34. The summed E-state index contributed by atoms with van der Waals surface area (Å²) in [5, 5.41) is 6.12. The first kappa shape index (κ1) is 18.0. The van der Waals surface area contributed by atoms with Crippen LogP contribution in [0.5, 0.6) is 0 Å². The zero-order valence-electron chi connectivity index (χ0n) is 13.9. The minimum absolute atomic E-state index is 0.0146. The highest BCUT2D eigenvalue weighted by Gasteiger charge is 2.27. The summed E-state index contributed by atoms with van der Waals surface area (Å²) in [5.74, 6) is 0.536. The SMILES string of the molecule is CCC(CC)C(=O)N1CCC(NC(=O)C(C)CNC)CC1. The van der Waals surface area contributed by atoms with Gasteiger partial charge in [-0.15, -0.1) is 0 Å². The third-order valence-corrected chi connectivity index (χ3v) is 4.45. The quantitative estimate of drug-likeness (QED) is 0.746. The number of nitrogens with one attached hydrogen (secondary N) is 2. The van der Waals surface area contributed by atoms with Crippen molar-refractivity contribution in [2.75, 3.05) is 26.7 Å². The van der Waals surface area contributed by atoms with Gasteiger partial charge in [-0.05, 0) is 32.7 Å². The third-order valence-electron chi connectivity index (χ3n) is 4.45. The second kappa shape index (κ2) is 9.03. The standard InChI is InChI=1S/C16H31N3O2/c1-5-13(6-2)16(21)19-9-7-14(8-10-19)18-15(20)12(3)11-17-4/h12-14,17H,5-11H2,1-4H3,(H,18,20). The maximum atomic E-state index is 12.3. The van der Waals surface area contributed by atoms with Crippen LogP contribution in [-0.4, -0.2) is 49.4 Å². The largest absolute Gasteiger partial charge is 0.353 e. The van der Waals surface area contributed by atoms with Crippen LogP contribution >= 0.6 is 0 Å². The van der Waals surface area contributed by atoms with Crippen LogP contribution in [0.15, 0.2) is 0 Å². The number of carbonyl (C=O) groups excluding carboxylic acids is 2. The third kappa shape index (κ3) is 5.30. The van der Waals surface area contributed by atoms with Gasteiger partial charge in [-0.1, -0.05) is 20.8 Å². The lowest BCUT2D eigenvalue weighted by molar-refractivity contribution is -0.137. The Balaban J connectivity index is 2.38. The number of amides is 2. The Hall–Kier alpha value is -1.10. The maximum absolute atomic E-state index is 12.3. The Morgan fingerprint density at radius 1 is 1.19 bits per heavy atom. The maximum Gasteiger partial charge on any atom is 0.225 e. The smallest absolute Gasteiger partial charge is 0.225 e. The van der Waals surface area contributed by atoms with Crippen molar-refractivity contribution in [3.8, 4) is 0 Å². The highest BCUT2D eigenvalue weighted by atomic mass is 16.2. The van der Waals surface area contributed by atoms with Gasteiger partial charge in [0.05, 0.1) is 0 Å². The summed E-state index contributed by atoms with van der Waals surface area (Å²) in [5.41, 5.74) is 0. The van der Waals surface area contributed by atoms with Gasteiger partial charge in [-0.2, -0.15) is 0 Å². The van der Waals surface area contributed by atoms with Gasteiger partial charge in [-0.3, -0.25) is 9.59 Å². The normalized spacial score (nSPS) is 17.9. The van der Waals surface area contributed by atoms with Crippen LogP contribution in [0.4, 0.5) is 0 Å². The fraction of sp³-hybridized carbons (Fsp3) is 0.875. The number of likely N-dealkylation sites (tertiary alicyclic amines) is 1. The van der Waals surface area contributed by atoms with E-state index in [9.17, 15) is 9.59 Å². The molecule has 0 aromatic heterocycles. The summed E-state index contributed by atoms with van der Waals surface area (Å²) in [6.45, 7) is 8.29. The second-order valence-electron chi connectivity index (χ2n) is 6.08. The van der Waals surface area contributed by atoms with E-state index in [1.54, 1.807) is 0 Å². The van der Waals surface area contributed by atoms with Gasteiger partial charge in [0, 0.05) is 37.5 Å². The molecular formula is C16H31N3O2. The van der Waals surface area contributed by atoms with Crippen LogP contribution in [0, 0.1) is 11.8 Å². The number of piperidine rings is 1. The monoisotopic (exact) mass is 297 g/mol. The Labute approximate surface area is 128 Å². The number of rotatable bonds is 7. The molecule has 0 aromatic carbocycles. The van der Waals surface area contributed by atoms with Crippen LogP contribution in [-0.2, 0) is 9.59 Å². The van der Waals surface area contributed by atoms with E-state index < -0.39 is 0 Å². The molecule has 1 aliphatic heterocycles. The topological polar surface area (TPSA) is 61.4 Å². The van der Waals surface area contributed by atoms with E-state index in [1.807, 2.05) is 18.9 Å². The Bertz CT molecular complexity index is 334. The molecule has 0 saturated carbocycles. The van der Waals surface area contributed by atoms with Gasteiger partial charge in [0.15, 0.2) is 0 Å². The van der Waals surface area contributed by atoms with Gasteiger partial charge < -0.3 is 15.5 Å². The molecule has 5 heteroatoms. The molecule has 1 heterocycles. The van der Waals surface area contributed by atoms with Gasteiger partial charge in [-0.25, -0.2) is 0 Å². The number of hydrogen-bond acceptors (Lipinski definition) is 3. The summed E-state index contributed by atoms with van der Waals surface area (Å²) in [6, 6.07) is 0.211. The molecule has 0 aromatic rings. The van der Waals surface area contributed by atoms with Crippen LogP contribution in [0.3, 0.4) is 0 Å². The second-order valence-corrected chi connectivity index (χ2v) is 6.08. The van der Waals surface area contributed by atoms with E-state index in [0.717, 1.165) is 38.8 Å². The molecule has 1 atom stereocenters. The zero-order valence-corrected chi connectivity index (χ0v) is 13.9. The Morgan fingerprint density at radius 3 is 2.24 bits per heavy atom. The summed E-state index contributed by atoms with van der Waals surface area (Å²) in [6.07, 6.45) is 3.55. The van der Waals surface area contributed by atoms with Gasteiger partial charge in [0.25, 0.3) is 0 Å². The first-order valence-electron chi connectivity index (χ1n) is 8.27. The Kier molecular flexibility index (Phi) is 7.72. The van der Waals surface area contributed by atoms with Crippen LogP contribution in [0.2, 0.25) is 0 Å². The van der Waals surface area contributed by atoms with Gasteiger partial charge >= 0.3 is 0 Å². The van der Waals surface area contributed by atoms with E-state index in [-0.39, 0.29) is 29.7 Å². The fourth-order valence-electron chi connectivity index (χ4n) is 2.88. The lowest BCUT2D eigenvalue weighted by Crippen LogP contribution is -2.49. The minimum atomic E-state index is -0.0146. The minimum Gasteiger partial charge on any atom is -0.353 e. The van der Waals surface area contributed by atoms with Crippen molar-refractivity contribution in [3.05, 3.63) is 0 Å². The molecule has 1 fully saturated rings. The number of carbonyl (C=O) groups is 2. The van der Waals surface area contributed by atoms with Gasteiger partial charge in [0.1, 0.15) is 0 Å². The summed E-state index contributed by atoms with van der Waals surface area (Å²) >= 11 is 0. The first-order chi connectivity index (χ1) is 10.0. The average Bonchev–Trinajstić information content (AvgIpc) is 2.49. The molecule has 0 spiro atoms. The van der Waals surface area contributed by atoms with E-state index in [0.29, 0.717) is 6.54 Å². The predicted molar refractivity (Wildman–Crippen MR) is 84.9 cm³/mol. The lowest BCUT2D eigenvalue weighted by atomic mass is 9.98.